The molecule has 8 nitrogen and oxygen atoms in total. The van der Waals surface area contributed by atoms with Crippen molar-refractivity contribution in [3.05, 3.63) is 57.8 Å². The summed E-state index contributed by atoms with van der Waals surface area (Å²) in [6.07, 6.45) is 1.75. The van der Waals surface area contributed by atoms with Gasteiger partial charge in [0.05, 0.1) is 4.90 Å². The second-order valence-corrected chi connectivity index (χ2v) is 8.48. The van der Waals surface area contributed by atoms with E-state index in [0.29, 0.717) is 12.2 Å². The van der Waals surface area contributed by atoms with E-state index in [1.165, 1.54) is 18.3 Å². The Balaban J connectivity index is 1.98. The van der Waals surface area contributed by atoms with Gasteiger partial charge in [-0.1, -0.05) is 32.9 Å². The molecule has 0 saturated heterocycles. The number of sulfonamides is 1. The molecule has 9 heteroatoms. The molecule has 0 saturated carbocycles. The fourth-order valence-electron chi connectivity index (χ4n) is 2.20. The Morgan fingerprint density at radius 2 is 1.85 bits per heavy atom. The second kappa shape index (κ2) is 7.38. The summed E-state index contributed by atoms with van der Waals surface area (Å²) >= 11 is 0. The monoisotopic (exact) mass is 378 g/mol. The van der Waals surface area contributed by atoms with E-state index in [9.17, 15) is 18.0 Å². The highest BCUT2D eigenvalue weighted by Gasteiger charge is 2.19. The third-order valence-electron chi connectivity index (χ3n) is 3.71. The fourth-order valence-corrected chi connectivity index (χ4v) is 2.71. The van der Waals surface area contributed by atoms with Crippen LogP contribution in [0, 0.1) is 0 Å². The van der Waals surface area contributed by atoms with Crippen molar-refractivity contribution < 1.29 is 13.2 Å². The van der Waals surface area contributed by atoms with E-state index in [1.807, 2.05) is 20.8 Å². The summed E-state index contributed by atoms with van der Waals surface area (Å²) in [5, 5.41) is 7.69. The van der Waals surface area contributed by atoms with Crippen molar-refractivity contribution in [1.82, 2.24) is 15.3 Å². The average Bonchev–Trinajstić information content (AvgIpc) is 2.53. The molecule has 0 aliphatic rings. The van der Waals surface area contributed by atoms with Gasteiger partial charge in [0.2, 0.25) is 10.0 Å². The summed E-state index contributed by atoms with van der Waals surface area (Å²) in [6, 6.07) is 6.06. The molecule has 1 heterocycles. The summed E-state index contributed by atoms with van der Waals surface area (Å²) in [5.41, 5.74) is -0.0348. The van der Waals surface area contributed by atoms with Crippen molar-refractivity contribution in [1.29, 1.82) is 0 Å². The number of nitrogens with two attached hydrogens (primary N) is 1. The van der Waals surface area contributed by atoms with Crippen molar-refractivity contribution >= 4 is 15.9 Å². The number of aromatic amines is 1. The molecule has 0 bridgehead atoms. The highest BCUT2D eigenvalue weighted by molar-refractivity contribution is 7.89. The maximum Gasteiger partial charge on any atom is 0.263 e. The van der Waals surface area contributed by atoms with E-state index < -0.39 is 21.5 Å². The minimum atomic E-state index is -3.72. The van der Waals surface area contributed by atoms with Crippen LogP contribution in [0.1, 0.15) is 42.5 Å². The first-order chi connectivity index (χ1) is 12.0. The molecular formula is C17H22N4O4S. The van der Waals surface area contributed by atoms with E-state index >= 15 is 0 Å². The van der Waals surface area contributed by atoms with Crippen molar-refractivity contribution in [2.24, 2.45) is 5.14 Å². The standard InChI is InChI=1S/C17H22N4O4S/c1-17(2,3)16-20-10-13(15(23)21-16)14(22)19-9-8-11-4-6-12(7-5-11)26(18,24)25/h4-7,10H,8-9H2,1-3H3,(H,19,22)(H2,18,24,25)(H,20,21,23). The van der Waals surface area contributed by atoms with E-state index in [-0.39, 0.29) is 22.4 Å². The van der Waals surface area contributed by atoms with Crippen molar-refractivity contribution in [3.8, 4) is 0 Å². The Hall–Kier alpha value is -2.52. The van der Waals surface area contributed by atoms with Gasteiger partial charge in [0.25, 0.3) is 11.5 Å². The maximum atomic E-state index is 12.1. The van der Waals surface area contributed by atoms with Crippen LogP contribution in [-0.4, -0.2) is 30.8 Å². The molecule has 1 amide bonds. The molecule has 0 aliphatic heterocycles. The Labute approximate surface area is 151 Å². The zero-order valence-electron chi connectivity index (χ0n) is 14.9. The van der Waals surface area contributed by atoms with Crippen molar-refractivity contribution in [2.45, 2.75) is 37.5 Å². The van der Waals surface area contributed by atoms with Crippen LogP contribution >= 0.6 is 0 Å². The van der Waals surface area contributed by atoms with E-state index in [1.54, 1.807) is 12.1 Å². The first kappa shape index (κ1) is 19.8. The van der Waals surface area contributed by atoms with E-state index in [2.05, 4.69) is 15.3 Å². The molecule has 1 aromatic carbocycles. The number of carbonyl (C=O) groups excluding carboxylic acids is 1. The Bertz CT molecular complexity index is 957. The normalized spacial score (nSPS) is 12.0. The lowest BCUT2D eigenvalue weighted by molar-refractivity contribution is 0.0952. The predicted molar refractivity (Wildman–Crippen MR) is 97.4 cm³/mol. The van der Waals surface area contributed by atoms with Gasteiger partial charge in [0.15, 0.2) is 0 Å². The molecule has 26 heavy (non-hydrogen) atoms. The average molecular weight is 378 g/mol. The number of nitrogens with one attached hydrogen (secondary N) is 2. The number of hydrogen-bond acceptors (Lipinski definition) is 5. The van der Waals surface area contributed by atoms with Crippen LogP contribution in [0.5, 0.6) is 0 Å². The Kier molecular flexibility index (Phi) is 5.62. The van der Waals surface area contributed by atoms with Gasteiger partial charge in [0, 0.05) is 18.2 Å². The highest BCUT2D eigenvalue weighted by Crippen LogP contribution is 2.16. The molecule has 0 spiro atoms. The number of carbonyl (C=O) groups is 1. The minimum Gasteiger partial charge on any atom is -0.351 e. The lowest BCUT2D eigenvalue weighted by atomic mass is 9.96. The molecule has 0 radical (unpaired) electrons. The zero-order chi connectivity index (χ0) is 19.5. The summed E-state index contributed by atoms with van der Waals surface area (Å²) in [7, 11) is -3.72. The topological polar surface area (TPSA) is 135 Å². The number of aromatic nitrogens is 2. The number of amides is 1. The van der Waals surface area contributed by atoms with Gasteiger partial charge in [-0.2, -0.15) is 0 Å². The highest BCUT2D eigenvalue weighted by atomic mass is 32.2. The van der Waals surface area contributed by atoms with Crippen molar-refractivity contribution in [2.75, 3.05) is 6.54 Å². The van der Waals surface area contributed by atoms with Crippen LogP contribution in [0.2, 0.25) is 0 Å². The summed E-state index contributed by atoms with van der Waals surface area (Å²) in [4.78, 5) is 31.0. The Morgan fingerprint density at radius 1 is 1.23 bits per heavy atom. The lowest BCUT2D eigenvalue weighted by Gasteiger charge is -2.16. The first-order valence-electron chi connectivity index (χ1n) is 7.98. The molecule has 140 valence electrons. The molecule has 0 unspecified atom stereocenters. The van der Waals surface area contributed by atoms with E-state index in [0.717, 1.165) is 5.56 Å². The second-order valence-electron chi connectivity index (χ2n) is 6.92. The molecular weight excluding hydrogens is 356 g/mol. The van der Waals surface area contributed by atoms with Crippen LogP contribution in [0.4, 0.5) is 0 Å². The smallest absolute Gasteiger partial charge is 0.263 e. The minimum absolute atomic E-state index is 0.0295. The molecule has 4 N–H and O–H groups in total. The van der Waals surface area contributed by atoms with Gasteiger partial charge in [-0.05, 0) is 24.1 Å². The third-order valence-corrected chi connectivity index (χ3v) is 4.63. The molecule has 2 rings (SSSR count). The lowest BCUT2D eigenvalue weighted by Crippen LogP contribution is -2.33. The molecule has 0 aliphatic carbocycles. The number of rotatable bonds is 5. The summed E-state index contributed by atoms with van der Waals surface area (Å²) in [6.45, 7) is 6.01. The van der Waals surface area contributed by atoms with Crippen molar-refractivity contribution in [3.63, 3.8) is 0 Å². The Morgan fingerprint density at radius 3 is 2.35 bits per heavy atom. The quantitative estimate of drug-likeness (QED) is 0.703. The molecule has 0 atom stereocenters. The van der Waals surface area contributed by atoms with Gasteiger partial charge >= 0.3 is 0 Å². The van der Waals surface area contributed by atoms with Crippen LogP contribution in [0.3, 0.4) is 0 Å². The first-order valence-corrected chi connectivity index (χ1v) is 9.53. The summed E-state index contributed by atoms with van der Waals surface area (Å²) < 4.78 is 22.4. The van der Waals surface area contributed by atoms with Crippen LogP contribution in [0.15, 0.2) is 40.2 Å². The number of nitrogens with zero attached hydrogens (tertiary/aromatic N) is 1. The van der Waals surface area contributed by atoms with E-state index in [4.69, 9.17) is 5.14 Å². The van der Waals surface area contributed by atoms with Crippen LogP contribution in [-0.2, 0) is 21.9 Å². The number of benzene rings is 1. The number of hydrogen-bond donors (Lipinski definition) is 3. The molecule has 0 fully saturated rings. The predicted octanol–water partition coefficient (Wildman–Crippen LogP) is 0.687. The van der Waals surface area contributed by atoms with Gasteiger partial charge in [-0.15, -0.1) is 0 Å². The van der Waals surface area contributed by atoms with Gasteiger partial charge < -0.3 is 10.3 Å². The number of H-pyrrole nitrogens is 1. The van der Waals surface area contributed by atoms with Gasteiger partial charge in [0.1, 0.15) is 11.4 Å². The largest absolute Gasteiger partial charge is 0.351 e. The van der Waals surface area contributed by atoms with Crippen LogP contribution in [0.25, 0.3) is 0 Å². The summed E-state index contributed by atoms with van der Waals surface area (Å²) in [5.74, 6) is -0.00522. The molecule has 2 aromatic rings. The zero-order valence-corrected chi connectivity index (χ0v) is 15.7. The molecule has 1 aromatic heterocycles. The third kappa shape index (κ3) is 4.99. The maximum absolute atomic E-state index is 12.1. The van der Waals surface area contributed by atoms with Gasteiger partial charge in [-0.25, -0.2) is 18.5 Å². The SMILES string of the molecule is CC(C)(C)c1ncc(C(=O)NCCc2ccc(S(N)(=O)=O)cc2)c(=O)[nH]1. The fraction of sp³-hybridized carbons (Fsp3) is 0.353. The van der Waals surface area contributed by atoms with Gasteiger partial charge in [-0.3, -0.25) is 9.59 Å². The van der Waals surface area contributed by atoms with Crippen LogP contribution < -0.4 is 16.0 Å². The number of primary sulfonamides is 1.